The average Bonchev–Trinajstić information content (AvgIpc) is 2.74. The quantitative estimate of drug-likeness (QED) is 0.382. The lowest BCUT2D eigenvalue weighted by Crippen LogP contribution is -2.12. The normalized spacial score (nSPS) is 12.0. The molecule has 0 atom stereocenters. The van der Waals surface area contributed by atoms with E-state index in [-0.39, 0.29) is 23.0 Å². The van der Waals surface area contributed by atoms with Gasteiger partial charge in [-0.15, -0.1) is 0 Å². The van der Waals surface area contributed by atoms with E-state index in [2.05, 4.69) is 0 Å². The van der Waals surface area contributed by atoms with Gasteiger partial charge in [-0.3, -0.25) is 0 Å². The maximum absolute atomic E-state index is 12.5. The van der Waals surface area contributed by atoms with Crippen molar-refractivity contribution in [3.05, 3.63) is 107 Å². The first-order valence-electron chi connectivity index (χ1n) is 10.9. The fourth-order valence-electron chi connectivity index (χ4n) is 3.74. The largest absolute Gasteiger partial charge is 0.228 e. The van der Waals surface area contributed by atoms with E-state index in [0.29, 0.717) is 24.0 Å². The molecular weight excluding hydrogens is 440 g/mol. The zero-order valence-electron chi connectivity index (χ0n) is 18.2. The first kappa shape index (κ1) is 24.2. The van der Waals surface area contributed by atoms with Crippen molar-refractivity contribution in [3.63, 3.8) is 0 Å². The second-order valence-electron chi connectivity index (χ2n) is 8.18. The van der Waals surface area contributed by atoms with Gasteiger partial charge in [0.15, 0.2) is 19.7 Å². The van der Waals surface area contributed by atoms with Gasteiger partial charge in [-0.25, -0.2) is 16.8 Å². The number of sulfone groups is 2. The third-order valence-electron chi connectivity index (χ3n) is 5.29. The molecule has 0 unspecified atom stereocenters. The second kappa shape index (κ2) is 11.4. The van der Waals surface area contributed by atoms with Crippen LogP contribution in [0.25, 0.3) is 0 Å². The van der Waals surface area contributed by atoms with Gasteiger partial charge in [-0.05, 0) is 47.9 Å². The van der Waals surface area contributed by atoms with E-state index in [1.807, 2.05) is 60.7 Å². The van der Waals surface area contributed by atoms with Crippen LogP contribution in [-0.2, 0) is 44.0 Å². The van der Waals surface area contributed by atoms with Crippen molar-refractivity contribution in [2.24, 2.45) is 0 Å². The predicted molar refractivity (Wildman–Crippen MR) is 131 cm³/mol. The smallest absolute Gasteiger partial charge is 0.154 e. The van der Waals surface area contributed by atoms with E-state index < -0.39 is 19.7 Å². The van der Waals surface area contributed by atoms with Crippen LogP contribution in [0.5, 0.6) is 0 Å². The van der Waals surface area contributed by atoms with Crippen LogP contribution in [0.1, 0.15) is 35.1 Å². The molecule has 0 saturated heterocycles. The number of hydrogen-bond acceptors (Lipinski definition) is 4. The van der Waals surface area contributed by atoms with Gasteiger partial charge >= 0.3 is 0 Å². The van der Waals surface area contributed by atoms with Crippen LogP contribution < -0.4 is 0 Å². The molecule has 0 spiro atoms. The Labute approximate surface area is 192 Å². The second-order valence-corrected chi connectivity index (χ2v) is 12.6. The number of aryl methyl sites for hydroxylation is 2. The first-order chi connectivity index (χ1) is 15.3. The van der Waals surface area contributed by atoms with Crippen molar-refractivity contribution in [3.8, 4) is 0 Å². The first-order valence-corrected chi connectivity index (χ1v) is 14.5. The lowest BCUT2D eigenvalue weighted by atomic mass is 10.1. The SMILES string of the molecule is O=S(=O)(CCCc1ccccc1)Cc1cccc(CS(=O)(=O)CCCc2ccccc2)c1. The van der Waals surface area contributed by atoms with Crippen LogP contribution >= 0.6 is 0 Å². The highest BCUT2D eigenvalue weighted by atomic mass is 32.2. The summed E-state index contributed by atoms with van der Waals surface area (Å²) < 4.78 is 50.2. The highest BCUT2D eigenvalue weighted by Crippen LogP contribution is 2.15. The topological polar surface area (TPSA) is 68.3 Å². The van der Waals surface area contributed by atoms with E-state index in [1.54, 1.807) is 24.3 Å². The number of hydrogen-bond donors (Lipinski definition) is 0. The monoisotopic (exact) mass is 470 g/mol. The summed E-state index contributed by atoms with van der Waals surface area (Å²) in [6.45, 7) is 0. The minimum atomic E-state index is -3.26. The summed E-state index contributed by atoms with van der Waals surface area (Å²) in [5.41, 5.74) is 3.53. The molecule has 0 amide bonds. The number of rotatable bonds is 12. The molecule has 0 fully saturated rings. The maximum atomic E-state index is 12.5. The van der Waals surface area contributed by atoms with Gasteiger partial charge in [0, 0.05) is 0 Å². The molecular formula is C26H30O4S2. The fourth-order valence-corrected chi connectivity index (χ4v) is 6.58. The minimum Gasteiger partial charge on any atom is -0.228 e. The Bertz CT molecular complexity index is 1090. The zero-order valence-corrected chi connectivity index (χ0v) is 19.8. The molecule has 0 bridgehead atoms. The molecule has 0 aromatic heterocycles. The Morgan fingerprint density at radius 3 is 1.25 bits per heavy atom. The standard InChI is InChI=1S/C26H30O4S2/c27-31(28,18-8-16-23-10-3-1-4-11-23)21-25-14-7-15-26(20-25)22-32(29,30)19-9-17-24-12-5-2-6-13-24/h1-7,10-15,20H,8-9,16-19,21-22H2. The third-order valence-corrected chi connectivity index (χ3v) is 8.66. The summed E-state index contributed by atoms with van der Waals surface area (Å²) in [6, 6.07) is 26.6. The van der Waals surface area contributed by atoms with Crippen LogP contribution in [0, 0.1) is 0 Å². The Morgan fingerprint density at radius 1 is 0.469 bits per heavy atom. The van der Waals surface area contributed by atoms with Crippen LogP contribution in [0.15, 0.2) is 84.9 Å². The van der Waals surface area contributed by atoms with Gasteiger partial charge in [0.1, 0.15) is 0 Å². The molecule has 170 valence electrons. The molecule has 4 nitrogen and oxygen atoms in total. The lowest BCUT2D eigenvalue weighted by Gasteiger charge is -2.08. The molecule has 0 saturated carbocycles. The molecule has 0 heterocycles. The summed E-state index contributed by atoms with van der Waals surface area (Å²) in [7, 11) is -6.52. The summed E-state index contributed by atoms with van der Waals surface area (Å²) in [5, 5.41) is 0. The van der Waals surface area contributed by atoms with E-state index in [9.17, 15) is 16.8 Å². The third kappa shape index (κ3) is 8.60. The van der Waals surface area contributed by atoms with Gasteiger partial charge in [-0.2, -0.15) is 0 Å². The van der Waals surface area contributed by atoms with Crippen molar-refractivity contribution in [1.29, 1.82) is 0 Å². The molecule has 0 aliphatic carbocycles. The highest BCUT2D eigenvalue weighted by molar-refractivity contribution is 7.90. The van der Waals surface area contributed by atoms with Crippen LogP contribution in [0.3, 0.4) is 0 Å². The van der Waals surface area contributed by atoms with E-state index in [4.69, 9.17) is 0 Å². The Morgan fingerprint density at radius 2 is 0.844 bits per heavy atom. The molecule has 32 heavy (non-hydrogen) atoms. The summed E-state index contributed by atoms with van der Waals surface area (Å²) in [5.74, 6) is 0.0984. The molecule has 0 radical (unpaired) electrons. The van der Waals surface area contributed by atoms with Gasteiger partial charge in [0.2, 0.25) is 0 Å². The van der Waals surface area contributed by atoms with Crippen molar-refractivity contribution < 1.29 is 16.8 Å². The molecule has 0 N–H and O–H groups in total. The van der Waals surface area contributed by atoms with Crippen LogP contribution in [0.2, 0.25) is 0 Å². The minimum absolute atomic E-state index is 0.0658. The fraction of sp³-hybridized carbons (Fsp3) is 0.308. The molecule has 3 aromatic rings. The van der Waals surface area contributed by atoms with Gasteiger partial charge < -0.3 is 0 Å². The Hall–Kier alpha value is -2.44. The zero-order chi connectivity index (χ0) is 22.9. The molecule has 3 aromatic carbocycles. The van der Waals surface area contributed by atoms with Crippen molar-refractivity contribution in [2.75, 3.05) is 11.5 Å². The molecule has 0 aliphatic heterocycles. The van der Waals surface area contributed by atoms with E-state index in [1.165, 1.54) is 0 Å². The number of benzene rings is 3. The molecule has 6 heteroatoms. The van der Waals surface area contributed by atoms with Crippen LogP contribution in [0.4, 0.5) is 0 Å². The van der Waals surface area contributed by atoms with Gasteiger partial charge in [-0.1, -0.05) is 84.9 Å². The Kier molecular flexibility index (Phi) is 8.65. The molecule has 0 aliphatic rings. The highest BCUT2D eigenvalue weighted by Gasteiger charge is 2.15. The van der Waals surface area contributed by atoms with Crippen molar-refractivity contribution in [1.82, 2.24) is 0 Å². The predicted octanol–water partition coefficient (Wildman–Crippen LogP) is 4.78. The lowest BCUT2D eigenvalue weighted by molar-refractivity contribution is 0.591. The summed E-state index contributed by atoms with van der Waals surface area (Å²) in [6.07, 6.45) is 2.59. The molecule has 3 rings (SSSR count). The van der Waals surface area contributed by atoms with Crippen molar-refractivity contribution >= 4 is 19.7 Å². The summed E-state index contributed by atoms with van der Waals surface area (Å²) in [4.78, 5) is 0. The maximum Gasteiger partial charge on any atom is 0.154 e. The summed E-state index contributed by atoms with van der Waals surface area (Å²) >= 11 is 0. The van der Waals surface area contributed by atoms with Gasteiger partial charge in [0.25, 0.3) is 0 Å². The van der Waals surface area contributed by atoms with Gasteiger partial charge in [0.05, 0.1) is 23.0 Å². The average molecular weight is 471 g/mol. The van der Waals surface area contributed by atoms with Crippen molar-refractivity contribution in [2.45, 2.75) is 37.2 Å². The Balaban J connectivity index is 1.51. The van der Waals surface area contributed by atoms with E-state index in [0.717, 1.165) is 24.0 Å². The van der Waals surface area contributed by atoms with Crippen LogP contribution in [-0.4, -0.2) is 28.3 Å². The van der Waals surface area contributed by atoms with E-state index >= 15 is 0 Å².